The molecule has 0 spiro atoms. The summed E-state index contributed by atoms with van der Waals surface area (Å²) in [6.45, 7) is 8.34. The molecular formula is C22H23N3OS. The van der Waals surface area contributed by atoms with Crippen molar-refractivity contribution in [3.63, 3.8) is 0 Å². The van der Waals surface area contributed by atoms with E-state index in [-0.39, 0.29) is 11.2 Å². The minimum absolute atomic E-state index is 0.0155. The van der Waals surface area contributed by atoms with E-state index in [0.717, 1.165) is 22.8 Å². The van der Waals surface area contributed by atoms with E-state index in [4.69, 9.17) is 5.10 Å². The smallest absolute Gasteiger partial charge is 0.235 e. The number of aryl methyl sites for hydroxylation is 4. The van der Waals surface area contributed by atoms with E-state index >= 15 is 0 Å². The highest BCUT2D eigenvalue weighted by molar-refractivity contribution is 8.00. The highest BCUT2D eigenvalue weighted by Crippen LogP contribution is 2.44. The van der Waals surface area contributed by atoms with Gasteiger partial charge >= 0.3 is 0 Å². The first-order valence-electron chi connectivity index (χ1n) is 9.09. The zero-order valence-electron chi connectivity index (χ0n) is 16.0. The van der Waals surface area contributed by atoms with Crippen LogP contribution in [0.15, 0.2) is 42.5 Å². The van der Waals surface area contributed by atoms with Crippen molar-refractivity contribution in [2.24, 2.45) is 0 Å². The Morgan fingerprint density at radius 3 is 2.44 bits per heavy atom. The highest BCUT2D eigenvalue weighted by Gasteiger charge is 2.31. The lowest BCUT2D eigenvalue weighted by Gasteiger charge is -2.18. The molecular weight excluding hydrogens is 354 g/mol. The number of hydrogen-bond acceptors (Lipinski definition) is 3. The van der Waals surface area contributed by atoms with Gasteiger partial charge in [0, 0.05) is 5.56 Å². The summed E-state index contributed by atoms with van der Waals surface area (Å²) in [4.78, 5) is 12.4. The second-order valence-corrected chi connectivity index (χ2v) is 8.29. The van der Waals surface area contributed by atoms with E-state index in [1.165, 1.54) is 22.3 Å². The van der Waals surface area contributed by atoms with Crippen LogP contribution in [0.25, 0.3) is 5.69 Å². The number of aromatic nitrogens is 2. The largest absolute Gasteiger partial charge is 0.310 e. The first-order chi connectivity index (χ1) is 12.9. The number of fused-ring (bicyclic) bond motifs is 1. The number of carbonyl (C=O) groups excluding carboxylic acids is 1. The number of thioether (sulfide) groups is 1. The summed E-state index contributed by atoms with van der Waals surface area (Å²) in [7, 11) is 0. The van der Waals surface area contributed by atoms with Crippen LogP contribution >= 0.6 is 11.8 Å². The molecule has 3 aromatic rings. The van der Waals surface area contributed by atoms with Crippen LogP contribution in [-0.4, -0.2) is 21.4 Å². The first-order valence-corrected chi connectivity index (χ1v) is 10.1. The van der Waals surface area contributed by atoms with E-state index in [1.807, 2.05) is 23.7 Å². The maximum Gasteiger partial charge on any atom is 0.235 e. The molecule has 1 aromatic heterocycles. The molecule has 27 heavy (non-hydrogen) atoms. The fourth-order valence-corrected chi connectivity index (χ4v) is 4.90. The third-order valence-electron chi connectivity index (χ3n) is 4.99. The summed E-state index contributed by atoms with van der Waals surface area (Å²) in [5, 5.41) is 7.96. The Morgan fingerprint density at radius 2 is 1.74 bits per heavy atom. The van der Waals surface area contributed by atoms with E-state index in [1.54, 1.807) is 11.8 Å². The van der Waals surface area contributed by atoms with Gasteiger partial charge in [0.25, 0.3) is 0 Å². The number of benzene rings is 2. The van der Waals surface area contributed by atoms with Gasteiger partial charge in [-0.25, -0.2) is 4.68 Å². The normalized spacial score (nSPS) is 16.6. The van der Waals surface area contributed by atoms with Gasteiger partial charge in [-0.3, -0.25) is 4.79 Å². The van der Waals surface area contributed by atoms with Crippen molar-refractivity contribution in [1.29, 1.82) is 0 Å². The molecule has 5 heteroatoms. The molecule has 1 unspecified atom stereocenters. The van der Waals surface area contributed by atoms with Gasteiger partial charge in [0.1, 0.15) is 5.82 Å². The van der Waals surface area contributed by atoms with Gasteiger partial charge in [-0.05, 0) is 51.0 Å². The van der Waals surface area contributed by atoms with Gasteiger partial charge < -0.3 is 5.32 Å². The fraction of sp³-hybridized carbons (Fsp3) is 0.273. The minimum Gasteiger partial charge on any atom is -0.310 e. The predicted octanol–water partition coefficient (Wildman–Crippen LogP) is 4.88. The number of nitrogens with one attached hydrogen (secondary N) is 1. The SMILES string of the molecule is Cc1ccc(-n2nc(C)c3c2NC(=O)CSC3c2ccc(C)cc2C)cc1. The summed E-state index contributed by atoms with van der Waals surface area (Å²) in [6.07, 6.45) is 0. The van der Waals surface area contributed by atoms with Crippen molar-refractivity contribution >= 4 is 23.5 Å². The van der Waals surface area contributed by atoms with Crippen LogP contribution < -0.4 is 5.32 Å². The molecule has 0 radical (unpaired) electrons. The van der Waals surface area contributed by atoms with Gasteiger partial charge in [0.2, 0.25) is 5.91 Å². The van der Waals surface area contributed by atoms with Crippen molar-refractivity contribution in [2.45, 2.75) is 32.9 Å². The van der Waals surface area contributed by atoms with Crippen molar-refractivity contribution in [1.82, 2.24) is 9.78 Å². The maximum absolute atomic E-state index is 12.4. The van der Waals surface area contributed by atoms with Crippen LogP contribution in [0.3, 0.4) is 0 Å². The Labute approximate surface area is 164 Å². The Morgan fingerprint density at radius 1 is 1.04 bits per heavy atom. The van der Waals surface area contributed by atoms with Crippen molar-refractivity contribution in [2.75, 3.05) is 11.1 Å². The molecule has 0 fully saturated rings. The van der Waals surface area contributed by atoms with E-state index in [0.29, 0.717) is 5.75 Å². The summed E-state index contributed by atoms with van der Waals surface area (Å²) in [6, 6.07) is 14.7. The van der Waals surface area contributed by atoms with Gasteiger partial charge in [0.05, 0.1) is 22.4 Å². The second kappa shape index (κ2) is 6.89. The summed E-state index contributed by atoms with van der Waals surface area (Å²) in [5.74, 6) is 1.23. The average Bonchev–Trinajstić information content (AvgIpc) is 2.83. The van der Waals surface area contributed by atoms with Crippen molar-refractivity contribution in [3.8, 4) is 5.69 Å². The third kappa shape index (κ3) is 3.28. The number of amides is 1. The quantitative estimate of drug-likeness (QED) is 0.692. The average molecular weight is 378 g/mol. The molecule has 0 saturated heterocycles. The first kappa shape index (κ1) is 17.9. The molecule has 4 rings (SSSR count). The van der Waals surface area contributed by atoms with E-state index in [2.05, 4.69) is 56.4 Å². The van der Waals surface area contributed by atoms with Crippen LogP contribution in [0.1, 0.15) is 38.8 Å². The Balaban J connectivity index is 1.90. The number of carbonyl (C=O) groups is 1. The van der Waals surface area contributed by atoms with Gasteiger partial charge in [0.15, 0.2) is 0 Å². The minimum atomic E-state index is 0.0155. The zero-order chi connectivity index (χ0) is 19.1. The van der Waals surface area contributed by atoms with Crippen LogP contribution in [0.5, 0.6) is 0 Å². The van der Waals surface area contributed by atoms with Crippen molar-refractivity contribution < 1.29 is 4.79 Å². The topological polar surface area (TPSA) is 46.9 Å². The lowest BCUT2D eigenvalue weighted by molar-refractivity contribution is -0.113. The molecule has 2 aromatic carbocycles. The molecule has 1 aliphatic heterocycles. The lowest BCUT2D eigenvalue weighted by Crippen LogP contribution is -2.15. The maximum atomic E-state index is 12.4. The number of nitrogens with zero attached hydrogens (tertiary/aromatic N) is 2. The monoisotopic (exact) mass is 377 g/mol. The zero-order valence-corrected chi connectivity index (χ0v) is 16.9. The molecule has 2 heterocycles. The molecule has 1 aliphatic rings. The summed E-state index contributed by atoms with van der Waals surface area (Å²) in [5.41, 5.74) is 7.93. The Bertz CT molecular complexity index is 1020. The fourth-order valence-electron chi connectivity index (χ4n) is 3.62. The molecule has 1 amide bonds. The summed E-state index contributed by atoms with van der Waals surface area (Å²) < 4.78 is 1.87. The lowest BCUT2D eigenvalue weighted by atomic mass is 9.98. The number of anilines is 1. The molecule has 1 atom stereocenters. The van der Waals surface area contributed by atoms with Crippen LogP contribution in [0.4, 0.5) is 5.82 Å². The molecule has 0 aliphatic carbocycles. The molecule has 138 valence electrons. The van der Waals surface area contributed by atoms with Crippen LogP contribution in [-0.2, 0) is 4.79 Å². The number of hydrogen-bond donors (Lipinski definition) is 1. The molecule has 0 bridgehead atoms. The summed E-state index contributed by atoms with van der Waals surface area (Å²) >= 11 is 1.67. The van der Waals surface area contributed by atoms with Crippen molar-refractivity contribution in [3.05, 3.63) is 76.0 Å². The Hall–Kier alpha value is -2.53. The van der Waals surface area contributed by atoms with Gasteiger partial charge in [-0.15, -0.1) is 11.8 Å². The van der Waals surface area contributed by atoms with Gasteiger partial charge in [-0.2, -0.15) is 5.10 Å². The standard InChI is InChI=1S/C22H23N3OS/c1-13-5-8-17(9-6-13)25-22-20(16(4)24-25)21(27-12-19(26)23-22)18-10-7-14(2)11-15(18)3/h5-11,21H,12H2,1-4H3,(H,23,26). The van der Waals surface area contributed by atoms with E-state index < -0.39 is 0 Å². The van der Waals surface area contributed by atoms with Crippen LogP contribution in [0.2, 0.25) is 0 Å². The van der Waals surface area contributed by atoms with Gasteiger partial charge in [-0.1, -0.05) is 41.5 Å². The molecule has 0 saturated carbocycles. The second-order valence-electron chi connectivity index (χ2n) is 7.19. The Kier molecular flexibility index (Phi) is 4.56. The highest BCUT2D eigenvalue weighted by atomic mass is 32.2. The van der Waals surface area contributed by atoms with Crippen LogP contribution in [0, 0.1) is 27.7 Å². The predicted molar refractivity (Wildman–Crippen MR) is 112 cm³/mol. The number of rotatable bonds is 2. The molecule has 1 N–H and O–H groups in total. The molecule has 4 nitrogen and oxygen atoms in total. The van der Waals surface area contributed by atoms with E-state index in [9.17, 15) is 4.79 Å². The third-order valence-corrected chi connectivity index (χ3v) is 6.25.